The van der Waals surface area contributed by atoms with E-state index < -0.39 is 35.2 Å². The first-order valence-corrected chi connectivity index (χ1v) is 18.2. The van der Waals surface area contributed by atoms with Crippen LogP contribution in [0.2, 0.25) is 10.0 Å². The van der Waals surface area contributed by atoms with E-state index in [0.717, 1.165) is 34.3 Å². The Kier molecular flexibility index (Phi) is 12.1. The number of β-lactam (4-membered cyclic amide) rings is 1. The number of thioether (sulfide) groups is 5. The van der Waals surface area contributed by atoms with Crippen molar-refractivity contribution in [2.24, 2.45) is 0 Å². The van der Waals surface area contributed by atoms with Gasteiger partial charge < -0.3 is 15.5 Å². The fourth-order valence-electron chi connectivity index (χ4n) is 3.95. The summed E-state index contributed by atoms with van der Waals surface area (Å²) in [6.45, 7) is 3.93. The minimum absolute atomic E-state index is 0.0567. The molecular formula is C26H24Cl2N4O6S5. The van der Waals surface area contributed by atoms with Crippen molar-refractivity contribution in [1.29, 1.82) is 0 Å². The van der Waals surface area contributed by atoms with Crippen LogP contribution in [0.25, 0.3) is 6.08 Å². The smallest absolute Gasteiger partial charge is 0.353 e. The average molecular weight is 720 g/mol. The van der Waals surface area contributed by atoms with Crippen molar-refractivity contribution in [2.75, 3.05) is 22.3 Å². The molecule has 0 bridgehead atoms. The Morgan fingerprint density at radius 2 is 1.88 bits per heavy atom. The maximum absolute atomic E-state index is 13.0. The van der Waals surface area contributed by atoms with E-state index in [0.29, 0.717) is 31.4 Å². The van der Waals surface area contributed by atoms with Crippen LogP contribution < -0.4 is 5.32 Å². The summed E-state index contributed by atoms with van der Waals surface area (Å²) in [5, 5.41) is 23.5. The van der Waals surface area contributed by atoms with Gasteiger partial charge in [0.2, 0.25) is 5.91 Å². The maximum atomic E-state index is 13.0. The summed E-state index contributed by atoms with van der Waals surface area (Å²) in [7, 11) is 0. The number of aliphatic carboxylic acids is 2. The summed E-state index contributed by atoms with van der Waals surface area (Å²) in [6.07, 6.45) is 2.26. The van der Waals surface area contributed by atoms with Crippen LogP contribution >= 0.6 is 82.0 Å². The number of aryl methyl sites for hydroxylation is 1. The van der Waals surface area contributed by atoms with E-state index in [1.165, 1.54) is 58.4 Å². The Hall–Kier alpha value is -2.01. The van der Waals surface area contributed by atoms with Gasteiger partial charge >= 0.3 is 11.9 Å². The number of halogens is 2. The molecule has 1 saturated heterocycles. The zero-order valence-corrected chi connectivity index (χ0v) is 28.1. The second-order valence-corrected chi connectivity index (χ2v) is 15.4. The normalized spacial score (nSPS) is 18.0. The molecule has 3 N–H and O–H groups in total. The van der Waals surface area contributed by atoms with Crippen molar-refractivity contribution in [1.82, 2.24) is 20.2 Å². The lowest BCUT2D eigenvalue weighted by molar-refractivity contribution is -0.150. The largest absolute Gasteiger partial charge is 0.478 e. The van der Waals surface area contributed by atoms with Crippen LogP contribution in [0.5, 0.6) is 0 Å². The van der Waals surface area contributed by atoms with Gasteiger partial charge in [0.25, 0.3) is 5.91 Å². The van der Waals surface area contributed by atoms with Crippen LogP contribution in [0.3, 0.4) is 0 Å². The second kappa shape index (κ2) is 15.3. The number of carbonyl (C=O) groups excluding carboxylic acids is 2. The molecule has 2 aliphatic heterocycles. The highest BCUT2D eigenvalue weighted by atomic mass is 35.5. The molecule has 0 unspecified atom stereocenters. The molecule has 1 fully saturated rings. The summed E-state index contributed by atoms with van der Waals surface area (Å²) < 4.78 is 0. The van der Waals surface area contributed by atoms with Crippen molar-refractivity contribution in [3.63, 3.8) is 0 Å². The molecule has 1 aromatic carbocycles. The third-order valence-corrected chi connectivity index (χ3v) is 11.9. The van der Waals surface area contributed by atoms with E-state index in [-0.39, 0.29) is 21.5 Å². The Morgan fingerprint density at radius 1 is 1.12 bits per heavy atom. The number of carboxylic acids is 2. The lowest BCUT2D eigenvalue weighted by atomic mass is 10.1. The average Bonchev–Trinajstić information content (AvgIpc) is 2.94. The third-order valence-electron chi connectivity index (χ3n) is 5.79. The van der Waals surface area contributed by atoms with E-state index in [1.807, 2.05) is 19.9 Å². The quantitative estimate of drug-likeness (QED) is 0.0592. The number of amides is 2. The molecule has 0 saturated carbocycles. The fourth-order valence-corrected chi connectivity index (χ4v) is 9.77. The van der Waals surface area contributed by atoms with E-state index >= 15 is 0 Å². The van der Waals surface area contributed by atoms with Crippen LogP contribution in [0.15, 0.2) is 50.0 Å². The summed E-state index contributed by atoms with van der Waals surface area (Å²) in [4.78, 5) is 59.9. The monoisotopic (exact) mass is 718 g/mol. The lowest BCUT2D eigenvalue weighted by Gasteiger charge is -2.49. The minimum atomic E-state index is -1.20. The Labute approximate surface area is 278 Å². The van der Waals surface area contributed by atoms with Crippen LogP contribution in [-0.4, -0.2) is 82.6 Å². The van der Waals surface area contributed by atoms with E-state index in [4.69, 9.17) is 28.3 Å². The van der Waals surface area contributed by atoms with Gasteiger partial charge in [-0.2, -0.15) is 0 Å². The number of hydrogen-bond donors (Lipinski definition) is 3. The first-order valence-electron chi connectivity index (χ1n) is 12.5. The molecule has 17 heteroatoms. The van der Waals surface area contributed by atoms with Gasteiger partial charge in [-0.15, -0.1) is 35.3 Å². The zero-order chi connectivity index (χ0) is 31.3. The Bertz CT molecular complexity index is 1530. The van der Waals surface area contributed by atoms with E-state index in [9.17, 15) is 24.3 Å². The van der Waals surface area contributed by atoms with Gasteiger partial charge in [-0.1, -0.05) is 53.6 Å². The number of fused-ring (bicyclic) bond motifs is 1. The van der Waals surface area contributed by atoms with Gasteiger partial charge in [-0.3, -0.25) is 14.5 Å². The molecule has 43 heavy (non-hydrogen) atoms. The highest BCUT2D eigenvalue weighted by Gasteiger charge is 2.54. The topological polar surface area (TPSA) is 150 Å². The Balaban J connectivity index is 1.34. The first-order chi connectivity index (χ1) is 20.5. The molecular weight excluding hydrogens is 696 g/mol. The van der Waals surface area contributed by atoms with Gasteiger partial charge in [0.15, 0.2) is 5.16 Å². The summed E-state index contributed by atoms with van der Waals surface area (Å²) in [5.41, 5.74) is 1.21. The molecule has 2 amide bonds. The molecule has 1 aromatic heterocycles. The number of carbonyl (C=O) groups is 4. The number of aromatic nitrogens is 2. The van der Waals surface area contributed by atoms with Gasteiger partial charge in [0.05, 0.1) is 10.8 Å². The van der Waals surface area contributed by atoms with E-state index in [1.54, 1.807) is 11.8 Å². The fraction of sp³-hybridized carbons (Fsp3) is 0.308. The Morgan fingerprint density at radius 3 is 2.58 bits per heavy atom. The molecule has 2 aromatic rings. The predicted octanol–water partition coefficient (Wildman–Crippen LogP) is 5.57. The standard InChI is InChI=1S/C26H24Cl2N4O6S5/c1-3-39-26-29-12(2)6-19(31-26)43-11-42-17-9-41-24-21(23(36)32(24)22(17)25(37)38)30-18(33)10-40-16-8-14(27)13(7-15(16)28)4-5-20(34)35/h4-8,21,24H,3,9-11H2,1-2H3,(H,30,33)(H,34,35)(H,37,38)/b5-4+/t21-,24-/m1/s1. The summed E-state index contributed by atoms with van der Waals surface area (Å²) in [5.74, 6) is -2.06. The SMILES string of the molecule is CCSc1nc(C)cc(SCSC2=C(C(=O)O)N3C(=O)[C@@H](NC(=O)CSc4cc(Cl)c(/C=C/C(=O)O)cc4Cl)[C@H]3SC2)n1. The van der Waals surface area contributed by atoms with Crippen molar-refractivity contribution < 1.29 is 29.4 Å². The third kappa shape index (κ3) is 8.59. The predicted molar refractivity (Wildman–Crippen MR) is 175 cm³/mol. The molecule has 0 aliphatic carbocycles. The van der Waals surface area contributed by atoms with Crippen molar-refractivity contribution in [3.8, 4) is 0 Å². The van der Waals surface area contributed by atoms with E-state index in [2.05, 4.69) is 15.3 Å². The minimum Gasteiger partial charge on any atom is -0.478 e. The highest BCUT2D eigenvalue weighted by Crippen LogP contribution is 2.44. The summed E-state index contributed by atoms with van der Waals surface area (Å²) in [6, 6.07) is 4.06. The number of hydrogen-bond acceptors (Lipinski definition) is 11. The number of nitrogens with zero attached hydrogens (tertiary/aromatic N) is 3. The highest BCUT2D eigenvalue weighted by molar-refractivity contribution is 8.18. The molecule has 4 rings (SSSR count). The lowest BCUT2D eigenvalue weighted by Crippen LogP contribution is -2.70. The zero-order valence-electron chi connectivity index (χ0n) is 22.5. The second-order valence-electron chi connectivity index (χ2n) is 8.77. The molecule has 10 nitrogen and oxygen atoms in total. The van der Waals surface area contributed by atoms with Crippen LogP contribution in [0.1, 0.15) is 18.2 Å². The molecule has 0 radical (unpaired) electrons. The first kappa shape index (κ1) is 33.9. The number of carboxylic acid groups (broad SMARTS) is 2. The molecule has 228 valence electrons. The van der Waals surface area contributed by atoms with Gasteiger partial charge in [-0.25, -0.2) is 19.6 Å². The molecule has 2 aliphatic rings. The molecule has 3 heterocycles. The van der Waals surface area contributed by atoms with Crippen LogP contribution in [0.4, 0.5) is 0 Å². The van der Waals surface area contributed by atoms with Crippen LogP contribution in [-0.2, 0) is 19.2 Å². The van der Waals surface area contributed by atoms with Gasteiger partial charge in [0, 0.05) is 37.4 Å². The van der Waals surface area contributed by atoms with Gasteiger partial charge in [0.1, 0.15) is 22.1 Å². The van der Waals surface area contributed by atoms with Gasteiger partial charge in [-0.05, 0) is 42.5 Å². The van der Waals surface area contributed by atoms with Crippen molar-refractivity contribution >= 4 is 112 Å². The number of rotatable bonds is 13. The van der Waals surface area contributed by atoms with Crippen LogP contribution in [0, 0.1) is 6.92 Å². The molecule has 2 atom stereocenters. The maximum Gasteiger partial charge on any atom is 0.353 e. The van der Waals surface area contributed by atoms with Crippen molar-refractivity contribution in [2.45, 2.75) is 40.3 Å². The summed E-state index contributed by atoms with van der Waals surface area (Å²) >= 11 is 19.4. The number of benzene rings is 1. The number of nitrogens with one attached hydrogen (secondary N) is 1. The molecule has 0 spiro atoms. The van der Waals surface area contributed by atoms with Crippen molar-refractivity contribution in [3.05, 3.63) is 56.2 Å².